The molecule has 1 amide bonds. The van der Waals surface area contributed by atoms with Crippen LogP contribution in [0.3, 0.4) is 0 Å². The first kappa shape index (κ1) is 17.0. The van der Waals surface area contributed by atoms with Crippen LogP contribution in [0.4, 0.5) is 11.5 Å². The molecule has 0 aliphatic carbocycles. The highest BCUT2D eigenvalue weighted by atomic mass is 16.2. The van der Waals surface area contributed by atoms with E-state index in [-0.39, 0.29) is 11.9 Å². The van der Waals surface area contributed by atoms with E-state index in [1.54, 1.807) is 17.3 Å². The number of amides is 1. The number of rotatable bonds is 5. The molecule has 8 heteroatoms. The number of carbonyl (C=O) groups excluding carboxylic acids is 1. The second kappa shape index (κ2) is 6.71. The van der Waals surface area contributed by atoms with Gasteiger partial charge in [0, 0.05) is 44.3 Å². The number of carbonyl (C=O) groups is 1. The summed E-state index contributed by atoms with van der Waals surface area (Å²) in [5.74, 6) is 0.663. The minimum absolute atomic E-state index is 0.0517. The lowest BCUT2D eigenvalue weighted by molar-refractivity contribution is -0.127. The number of likely N-dealkylation sites (N-methyl/N-ethyl adjacent to an activating group) is 1. The predicted molar refractivity (Wildman–Crippen MR) is 106 cm³/mol. The van der Waals surface area contributed by atoms with E-state index >= 15 is 0 Å². The molecule has 1 aliphatic rings. The largest absolute Gasteiger partial charge is 0.372 e. The van der Waals surface area contributed by atoms with Crippen molar-refractivity contribution in [3.63, 3.8) is 0 Å². The summed E-state index contributed by atoms with van der Waals surface area (Å²) in [5.41, 5.74) is 3.57. The van der Waals surface area contributed by atoms with Gasteiger partial charge in [0.2, 0.25) is 5.91 Å². The maximum absolute atomic E-state index is 11.7. The number of nitrogens with one attached hydrogen (secondary N) is 2. The molecule has 138 valence electrons. The van der Waals surface area contributed by atoms with E-state index in [0.717, 1.165) is 41.1 Å². The molecule has 2 N–H and O–H groups in total. The van der Waals surface area contributed by atoms with Crippen molar-refractivity contribution in [1.29, 1.82) is 0 Å². The number of aromatic amines is 1. The summed E-state index contributed by atoms with van der Waals surface area (Å²) in [4.78, 5) is 32.2. The van der Waals surface area contributed by atoms with Crippen LogP contribution in [0, 0.1) is 0 Å². The van der Waals surface area contributed by atoms with Gasteiger partial charge in [0.25, 0.3) is 0 Å². The molecular weight excluding hydrogens is 342 g/mol. The van der Waals surface area contributed by atoms with Crippen molar-refractivity contribution in [1.82, 2.24) is 24.8 Å². The number of nitrogens with zero attached hydrogens (tertiary/aromatic N) is 5. The van der Waals surface area contributed by atoms with Gasteiger partial charge in [-0.2, -0.15) is 0 Å². The van der Waals surface area contributed by atoms with Gasteiger partial charge in [-0.15, -0.1) is 0 Å². The average Bonchev–Trinajstić information content (AvgIpc) is 3.09. The van der Waals surface area contributed by atoms with Gasteiger partial charge in [-0.05, 0) is 12.1 Å². The van der Waals surface area contributed by atoms with E-state index in [4.69, 9.17) is 0 Å². The van der Waals surface area contributed by atoms with Gasteiger partial charge in [-0.25, -0.2) is 9.97 Å². The van der Waals surface area contributed by atoms with Crippen LogP contribution in [0.5, 0.6) is 0 Å². The number of aromatic nitrogens is 4. The van der Waals surface area contributed by atoms with Crippen molar-refractivity contribution in [2.45, 2.75) is 6.04 Å². The molecule has 0 radical (unpaired) electrons. The van der Waals surface area contributed by atoms with Crippen LogP contribution in [0.25, 0.3) is 22.3 Å². The molecule has 1 fully saturated rings. The third-order valence-electron chi connectivity index (χ3n) is 4.98. The Morgan fingerprint density at radius 3 is 2.96 bits per heavy atom. The van der Waals surface area contributed by atoms with Gasteiger partial charge in [-0.3, -0.25) is 9.78 Å². The Bertz CT molecular complexity index is 1010. The zero-order chi connectivity index (χ0) is 19.0. The normalized spacial score (nSPS) is 14.1. The lowest BCUT2D eigenvalue weighted by Gasteiger charge is -2.45. The van der Waals surface area contributed by atoms with Crippen molar-refractivity contribution in [3.8, 4) is 11.3 Å². The quantitative estimate of drug-likeness (QED) is 0.673. The minimum atomic E-state index is -0.0517. The second-order valence-corrected chi connectivity index (χ2v) is 6.54. The van der Waals surface area contributed by atoms with E-state index in [0.29, 0.717) is 5.82 Å². The molecule has 0 atom stereocenters. The summed E-state index contributed by atoms with van der Waals surface area (Å²) in [6.07, 6.45) is 8.53. The fourth-order valence-corrected chi connectivity index (χ4v) is 3.23. The SMILES string of the molecule is C=CC(=O)N(C)C1CN(c2cnc3[nH]cc(-c4cncc(NC)n4)c3c2)C1. The zero-order valence-electron chi connectivity index (χ0n) is 15.3. The Labute approximate surface area is 156 Å². The van der Waals surface area contributed by atoms with Crippen molar-refractivity contribution in [2.24, 2.45) is 0 Å². The number of pyridine rings is 1. The molecule has 0 unspecified atom stereocenters. The second-order valence-electron chi connectivity index (χ2n) is 6.54. The lowest BCUT2D eigenvalue weighted by atomic mass is 10.1. The highest BCUT2D eigenvalue weighted by Crippen LogP contribution is 2.31. The molecule has 0 saturated carbocycles. The Morgan fingerprint density at radius 2 is 2.22 bits per heavy atom. The number of fused-ring (bicyclic) bond motifs is 1. The van der Waals surface area contributed by atoms with Gasteiger partial charge >= 0.3 is 0 Å². The van der Waals surface area contributed by atoms with Crippen LogP contribution in [-0.4, -0.2) is 64.0 Å². The van der Waals surface area contributed by atoms with Gasteiger partial charge in [0.05, 0.1) is 36.0 Å². The lowest BCUT2D eigenvalue weighted by Crippen LogP contribution is -2.59. The molecule has 3 aromatic heterocycles. The van der Waals surface area contributed by atoms with Crippen LogP contribution in [0.2, 0.25) is 0 Å². The Balaban J connectivity index is 1.60. The van der Waals surface area contributed by atoms with Gasteiger partial charge in [-0.1, -0.05) is 6.58 Å². The summed E-state index contributed by atoms with van der Waals surface area (Å²) in [6, 6.07) is 2.29. The standard InChI is InChI=1S/C19H21N7O/c1-4-18(27)25(3)13-10-26(11-13)12-5-14-15(7-23-19(14)22-6-12)16-8-21-9-17(20-2)24-16/h4-9,13H,1,10-11H2,2-3H3,(H,20,24)(H,22,23). The summed E-state index contributed by atoms with van der Waals surface area (Å²) in [7, 11) is 3.63. The summed E-state index contributed by atoms with van der Waals surface area (Å²) in [5, 5.41) is 4.00. The third kappa shape index (κ3) is 2.99. The minimum Gasteiger partial charge on any atom is -0.372 e. The van der Waals surface area contributed by atoms with Gasteiger partial charge in [0.1, 0.15) is 11.5 Å². The summed E-state index contributed by atoms with van der Waals surface area (Å²) in [6.45, 7) is 5.10. The van der Waals surface area contributed by atoms with Crippen molar-refractivity contribution < 1.29 is 4.79 Å². The third-order valence-corrected chi connectivity index (χ3v) is 4.98. The predicted octanol–water partition coefficient (Wildman–Crippen LogP) is 1.89. The molecule has 8 nitrogen and oxygen atoms in total. The number of hydrogen-bond acceptors (Lipinski definition) is 6. The maximum Gasteiger partial charge on any atom is 0.246 e. The number of hydrogen-bond donors (Lipinski definition) is 2. The highest BCUT2D eigenvalue weighted by Gasteiger charge is 2.32. The van der Waals surface area contributed by atoms with Gasteiger partial charge in [0.15, 0.2) is 0 Å². The molecule has 1 aliphatic heterocycles. The molecule has 3 aromatic rings. The average molecular weight is 363 g/mol. The van der Waals surface area contributed by atoms with Crippen LogP contribution < -0.4 is 10.2 Å². The maximum atomic E-state index is 11.7. The monoisotopic (exact) mass is 363 g/mol. The van der Waals surface area contributed by atoms with Crippen LogP contribution in [0.15, 0.2) is 43.5 Å². The molecule has 0 aromatic carbocycles. The van der Waals surface area contributed by atoms with Gasteiger partial charge < -0.3 is 20.1 Å². The summed E-state index contributed by atoms with van der Waals surface area (Å²) >= 11 is 0. The van der Waals surface area contributed by atoms with Crippen LogP contribution in [-0.2, 0) is 4.79 Å². The molecule has 4 heterocycles. The Hall–Kier alpha value is -3.42. The van der Waals surface area contributed by atoms with E-state index in [1.807, 2.05) is 26.5 Å². The van der Waals surface area contributed by atoms with E-state index in [9.17, 15) is 4.79 Å². The Morgan fingerprint density at radius 1 is 1.41 bits per heavy atom. The van der Waals surface area contributed by atoms with Crippen molar-refractivity contribution in [3.05, 3.63) is 43.5 Å². The van der Waals surface area contributed by atoms with Crippen LogP contribution in [0.1, 0.15) is 0 Å². The van der Waals surface area contributed by atoms with Crippen LogP contribution >= 0.6 is 0 Å². The smallest absolute Gasteiger partial charge is 0.246 e. The molecule has 4 rings (SSSR count). The first-order valence-electron chi connectivity index (χ1n) is 8.72. The zero-order valence-corrected chi connectivity index (χ0v) is 15.3. The number of anilines is 2. The first-order valence-corrected chi connectivity index (χ1v) is 8.72. The molecule has 0 bridgehead atoms. The van der Waals surface area contributed by atoms with Crippen molar-refractivity contribution >= 4 is 28.4 Å². The molecule has 1 saturated heterocycles. The molecule has 27 heavy (non-hydrogen) atoms. The Kier molecular flexibility index (Phi) is 4.23. The fourth-order valence-electron chi connectivity index (χ4n) is 3.23. The first-order chi connectivity index (χ1) is 13.1. The topological polar surface area (TPSA) is 90.0 Å². The number of H-pyrrole nitrogens is 1. The summed E-state index contributed by atoms with van der Waals surface area (Å²) < 4.78 is 0. The molecular formula is C19H21N7O. The molecule has 0 spiro atoms. The van der Waals surface area contributed by atoms with E-state index in [1.165, 1.54) is 6.08 Å². The highest BCUT2D eigenvalue weighted by molar-refractivity contribution is 5.94. The van der Waals surface area contributed by atoms with E-state index in [2.05, 4.69) is 42.8 Å². The van der Waals surface area contributed by atoms with E-state index < -0.39 is 0 Å². The fraction of sp³-hybridized carbons (Fsp3) is 0.263. The van der Waals surface area contributed by atoms with Crippen molar-refractivity contribution in [2.75, 3.05) is 37.4 Å².